The van der Waals surface area contributed by atoms with E-state index < -0.39 is 18.1 Å². The zero-order chi connectivity index (χ0) is 4.50. The zero-order valence-electron chi connectivity index (χ0n) is 3.31. The molecule has 0 aromatic rings. The average molecular weight is 384 g/mol. The second kappa shape index (κ2) is 6.10. The zero-order valence-corrected chi connectivity index (χ0v) is 11.4. The maximum atomic E-state index is 7.38. The predicted octanol–water partition coefficient (Wildman–Crippen LogP) is -3.15. The van der Waals surface area contributed by atoms with Crippen molar-refractivity contribution in [3.63, 3.8) is 0 Å². The van der Waals surface area contributed by atoms with Gasteiger partial charge in [0.1, 0.15) is 0 Å². The summed E-state index contributed by atoms with van der Waals surface area (Å²) in [6.45, 7) is 0. The van der Waals surface area contributed by atoms with Crippen LogP contribution in [0.25, 0.3) is 0 Å². The minimum absolute atomic E-state index is 0. The Morgan fingerprint density at radius 1 is 0.857 bits per heavy atom. The first-order chi connectivity index (χ1) is 2.00. The molecule has 0 rings (SSSR count). The molecule has 4 nitrogen and oxygen atoms in total. The van der Waals surface area contributed by atoms with Crippen molar-refractivity contribution in [1.82, 2.24) is 0 Å². The molecule has 4 N–H and O–H groups in total. The normalized spacial score (nSPS) is 8.57. The van der Waals surface area contributed by atoms with Crippen molar-refractivity contribution in [2.75, 3.05) is 0 Å². The van der Waals surface area contributed by atoms with E-state index in [1.165, 1.54) is 0 Å². The van der Waals surface area contributed by atoms with E-state index >= 15 is 0 Å². The van der Waals surface area contributed by atoms with Crippen LogP contribution in [0.15, 0.2) is 0 Å². The van der Waals surface area contributed by atoms with Crippen LogP contribution < -0.4 is 0 Å². The standard InChI is InChI=1S/Ni.4H2O.Pb.Ti.2H/h;4*1H2;;;;/q;;;;;;+4;;/p-4. The molecule has 7 heavy (non-hydrogen) atoms. The minimum atomic E-state index is -5.00. The van der Waals surface area contributed by atoms with E-state index in [9.17, 15) is 0 Å². The molecule has 0 aliphatic carbocycles. The molecule has 2 radical (unpaired) electrons. The van der Waals surface area contributed by atoms with E-state index in [1.54, 1.807) is 0 Å². The van der Waals surface area contributed by atoms with Crippen LogP contribution in [0, 0.1) is 0 Å². The van der Waals surface area contributed by atoms with Crippen molar-refractivity contribution >= 4 is 27.3 Å². The molecule has 0 spiro atoms. The summed E-state index contributed by atoms with van der Waals surface area (Å²) in [5, 5.41) is 0. The molecule has 0 aliphatic rings. The SMILES string of the molecule is [Ni].[OH][Ti]([OH])([OH])[OH].[PbH2]. The molecule has 7 heteroatoms. The van der Waals surface area contributed by atoms with E-state index in [-0.39, 0.29) is 43.8 Å². The molecule has 0 heterocycles. The van der Waals surface area contributed by atoms with Gasteiger partial charge in [-0.1, -0.05) is 0 Å². The Morgan fingerprint density at radius 3 is 0.857 bits per heavy atom. The molecule has 0 atom stereocenters. The van der Waals surface area contributed by atoms with Gasteiger partial charge in [-0.25, -0.2) is 0 Å². The van der Waals surface area contributed by atoms with Gasteiger partial charge in [0.15, 0.2) is 0 Å². The first-order valence-corrected chi connectivity index (χ1v) is 3.69. The van der Waals surface area contributed by atoms with Crippen LogP contribution in [0.5, 0.6) is 0 Å². The molecular formula is H6NiO4PbTi. The fourth-order valence-electron chi connectivity index (χ4n) is 0. The number of rotatable bonds is 0. The summed E-state index contributed by atoms with van der Waals surface area (Å²) in [4.78, 5) is 0. The van der Waals surface area contributed by atoms with Crippen LogP contribution in [-0.4, -0.2) is 42.1 Å². The topological polar surface area (TPSA) is 80.9 Å². The van der Waals surface area contributed by atoms with Gasteiger partial charge >= 0.3 is 60.2 Å². The van der Waals surface area contributed by atoms with E-state index in [0.29, 0.717) is 0 Å². The van der Waals surface area contributed by atoms with Crippen LogP contribution >= 0.6 is 0 Å². The third kappa shape index (κ3) is 73.2. The summed E-state index contributed by atoms with van der Waals surface area (Å²) in [7, 11) is 0. The average Bonchev–Trinajstić information content (AvgIpc) is 0.722. The first-order valence-electron chi connectivity index (χ1n) is 0.894. The van der Waals surface area contributed by atoms with Gasteiger partial charge in [0.2, 0.25) is 0 Å². The molecule has 0 bridgehead atoms. The molecule has 0 saturated heterocycles. The summed E-state index contributed by atoms with van der Waals surface area (Å²) in [5.41, 5.74) is 0. The molecule has 0 aromatic carbocycles. The summed E-state index contributed by atoms with van der Waals surface area (Å²) in [5.74, 6) is 0. The number of hydrogen-bond acceptors (Lipinski definition) is 4. The van der Waals surface area contributed by atoms with Crippen LogP contribution in [-0.2, 0) is 34.6 Å². The quantitative estimate of drug-likeness (QED) is 0.333. The van der Waals surface area contributed by atoms with E-state index in [4.69, 9.17) is 14.8 Å². The van der Waals surface area contributed by atoms with Gasteiger partial charge in [0.25, 0.3) is 0 Å². The summed E-state index contributed by atoms with van der Waals surface area (Å²) in [6.07, 6.45) is 0. The predicted molar refractivity (Wildman–Crippen MR) is 17.4 cm³/mol. The summed E-state index contributed by atoms with van der Waals surface area (Å²) < 4.78 is 29.5. The molecule has 0 aromatic heterocycles. The molecule has 0 amide bonds. The van der Waals surface area contributed by atoms with Gasteiger partial charge in [-0.2, -0.15) is 0 Å². The molecule has 0 unspecified atom stereocenters. The Hall–Kier alpha value is 1.97. The van der Waals surface area contributed by atoms with Crippen LogP contribution in [0.2, 0.25) is 0 Å². The van der Waals surface area contributed by atoms with Crippen molar-refractivity contribution in [1.29, 1.82) is 0 Å². The summed E-state index contributed by atoms with van der Waals surface area (Å²) in [6, 6.07) is 0. The van der Waals surface area contributed by atoms with Crippen molar-refractivity contribution in [3.05, 3.63) is 0 Å². The number of hydrogen-bond donors (Lipinski definition) is 4. The van der Waals surface area contributed by atoms with E-state index in [2.05, 4.69) is 0 Å². The van der Waals surface area contributed by atoms with Gasteiger partial charge in [-0.3, -0.25) is 0 Å². The van der Waals surface area contributed by atoms with Gasteiger partial charge < -0.3 is 0 Å². The van der Waals surface area contributed by atoms with Gasteiger partial charge in [0, 0.05) is 16.5 Å². The fraction of sp³-hybridized carbons (Fsp3) is 0. The van der Waals surface area contributed by atoms with Crippen molar-refractivity contribution in [2.45, 2.75) is 0 Å². The van der Waals surface area contributed by atoms with E-state index in [1.807, 2.05) is 0 Å². The van der Waals surface area contributed by atoms with Crippen molar-refractivity contribution in [3.8, 4) is 0 Å². The molecule has 0 fully saturated rings. The molecular weight excluding hydrogens is 378 g/mol. The van der Waals surface area contributed by atoms with Crippen LogP contribution in [0.4, 0.5) is 0 Å². The molecule has 48 valence electrons. The monoisotopic (exact) mass is 384 g/mol. The van der Waals surface area contributed by atoms with Gasteiger partial charge in [-0.15, -0.1) is 0 Å². The second-order valence-electron chi connectivity index (χ2n) is 0.600. The van der Waals surface area contributed by atoms with E-state index in [0.717, 1.165) is 0 Å². The Bertz CT molecular complexity index is 27.2. The van der Waals surface area contributed by atoms with Gasteiger partial charge in [-0.05, 0) is 0 Å². The Labute approximate surface area is 75.9 Å². The molecule has 0 saturated carbocycles. The van der Waals surface area contributed by atoms with Crippen LogP contribution in [0.3, 0.4) is 0 Å². The Balaban J connectivity index is -0.0000000800. The maximum absolute atomic E-state index is 7.38. The Kier molecular flexibility index (Phi) is 13.9. The van der Waals surface area contributed by atoms with Crippen molar-refractivity contribution in [2.24, 2.45) is 0 Å². The second-order valence-corrected chi connectivity index (χ2v) is 2.47. The third-order valence-corrected chi connectivity index (χ3v) is 0. The fourth-order valence-corrected chi connectivity index (χ4v) is 0. The Morgan fingerprint density at radius 2 is 0.857 bits per heavy atom. The summed E-state index contributed by atoms with van der Waals surface area (Å²) >= 11 is -5.00. The first kappa shape index (κ1) is 16.0. The van der Waals surface area contributed by atoms with Crippen molar-refractivity contribution < 1.29 is 49.4 Å². The van der Waals surface area contributed by atoms with Gasteiger partial charge in [0.05, 0.1) is 0 Å². The molecule has 0 aliphatic heterocycles. The van der Waals surface area contributed by atoms with Crippen LogP contribution in [0.1, 0.15) is 0 Å². The third-order valence-electron chi connectivity index (χ3n) is 0.